The van der Waals surface area contributed by atoms with Crippen LogP contribution in [-0.4, -0.2) is 26.6 Å². The van der Waals surface area contributed by atoms with Crippen LogP contribution < -0.4 is 0 Å². The van der Waals surface area contributed by atoms with Gasteiger partial charge in [-0.25, -0.2) is 0 Å². The first-order valence-corrected chi connectivity index (χ1v) is 7.42. The summed E-state index contributed by atoms with van der Waals surface area (Å²) >= 11 is 0. The molecule has 16 heavy (non-hydrogen) atoms. The van der Waals surface area contributed by atoms with Gasteiger partial charge in [0.2, 0.25) is 0 Å². The second-order valence-corrected chi connectivity index (χ2v) is 5.83. The zero-order valence-electron chi connectivity index (χ0n) is 9.57. The molecule has 4 heteroatoms. The van der Waals surface area contributed by atoms with E-state index in [0.29, 0.717) is 6.42 Å². The van der Waals surface area contributed by atoms with Crippen LogP contribution in [0, 0.1) is 0 Å². The van der Waals surface area contributed by atoms with Gasteiger partial charge in [0.05, 0.1) is 0 Å². The maximum Gasteiger partial charge on any atom is 0.164 e. The van der Waals surface area contributed by atoms with Crippen molar-refractivity contribution in [2.45, 2.75) is 32.2 Å². The highest BCUT2D eigenvalue weighted by Gasteiger charge is 2.19. The molecular formula is C12H17NO2S. The van der Waals surface area contributed by atoms with E-state index < -0.39 is 10.8 Å². The molecule has 1 aliphatic rings. The number of Topliss-reactive ketones (excluding diaryl/α,β-unsaturated/α-hetero) is 1. The molecule has 3 nitrogen and oxygen atoms in total. The number of rotatable bonds is 4. The van der Waals surface area contributed by atoms with Crippen LogP contribution in [0.3, 0.4) is 0 Å². The highest BCUT2D eigenvalue weighted by molar-refractivity contribution is 7.84. The summed E-state index contributed by atoms with van der Waals surface area (Å²) in [5, 5.41) is 0. The summed E-state index contributed by atoms with van der Waals surface area (Å²) in [6.45, 7) is 0.877. The Bertz CT molecular complexity index is 423. The van der Waals surface area contributed by atoms with Gasteiger partial charge in [-0.05, 0) is 25.3 Å². The van der Waals surface area contributed by atoms with Crippen molar-refractivity contribution in [3.8, 4) is 0 Å². The van der Waals surface area contributed by atoms with E-state index in [9.17, 15) is 9.00 Å². The lowest BCUT2D eigenvalue weighted by molar-refractivity contribution is 0.0971. The second kappa shape index (κ2) is 4.95. The molecule has 0 saturated heterocycles. The molecule has 0 saturated carbocycles. The van der Waals surface area contributed by atoms with Crippen molar-refractivity contribution in [1.82, 2.24) is 4.57 Å². The van der Waals surface area contributed by atoms with Crippen LogP contribution in [0.15, 0.2) is 12.3 Å². The number of aromatic nitrogens is 1. The van der Waals surface area contributed by atoms with E-state index in [1.165, 1.54) is 5.69 Å². The molecule has 0 radical (unpaired) electrons. The van der Waals surface area contributed by atoms with E-state index in [2.05, 4.69) is 4.57 Å². The Hall–Kier alpha value is -0.900. The fourth-order valence-electron chi connectivity index (χ4n) is 2.24. The van der Waals surface area contributed by atoms with Gasteiger partial charge in [0.1, 0.15) is 0 Å². The zero-order chi connectivity index (χ0) is 11.5. The molecule has 1 atom stereocenters. The SMILES string of the molecule is CS(=O)CCCn1ccc2c1CCCC2=O. The molecule has 0 bridgehead atoms. The molecule has 0 amide bonds. The zero-order valence-corrected chi connectivity index (χ0v) is 10.4. The van der Waals surface area contributed by atoms with Gasteiger partial charge >= 0.3 is 0 Å². The number of fused-ring (bicyclic) bond motifs is 1. The van der Waals surface area contributed by atoms with Crippen molar-refractivity contribution in [3.63, 3.8) is 0 Å². The van der Waals surface area contributed by atoms with Crippen molar-refractivity contribution in [2.24, 2.45) is 0 Å². The Morgan fingerprint density at radius 3 is 3.00 bits per heavy atom. The smallest absolute Gasteiger partial charge is 0.164 e. The Balaban J connectivity index is 2.05. The minimum atomic E-state index is -0.716. The summed E-state index contributed by atoms with van der Waals surface area (Å²) in [5.41, 5.74) is 2.09. The lowest BCUT2D eigenvalue weighted by Crippen LogP contribution is -2.13. The summed E-state index contributed by atoms with van der Waals surface area (Å²) in [4.78, 5) is 11.6. The third-order valence-electron chi connectivity index (χ3n) is 3.03. The van der Waals surface area contributed by atoms with Crippen molar-refractivity contribution < 1.29 is 9.00 Å². The molecule has 1 aromatic rings. The van der Waals surface area contributed by atoms with E-state index in [1.807, 2.05) is 12.3 Å². The second-order valence-electron chi connectivity index (χ2n) is 4.28. The van der Waals surface area contributed by atoms with E-state index in [1.54, 1.807) is 6.26 Å². The number of hydrogen-bond donors (Lipinski definition) is 0. The molecular weight excluding hydrogens is 222 g/mol. The van der Waals surface area contributed by atoms with Crippen molar-refractivity contribution in [1.29, 1.82) is 0 Å². The summed E-state index contributed by atoms with van der Waals surface area (Å²) < 4.78 is 13.1. The number of aryl methyl sites for hydroxylation is 1. The first-order valence-electron chi connectivity index (χ1n) is 5.69. The standard InChI is InChI=1S/C12H17NO2S/c1-16(15)9-3-7-13-8-6-10-11(13)4-2-5-12(10)14/h6,8H,2-5,7,9H2,1H3. The maximum absolute atomic E-state index is 11.6. The number of ketones is 1. The van der Waals surface area contributed by atoms with E-state index in [-0.39, 0.29) is 5.78 Å². The first kappa shape index (κ1) is 11.6. The number of nitrogens with zero attached hydrogens (tertiary/aromatic N) is 1. The molecule has 1 unspecified atom stereocenters. The monoisotopic (exact) mass is 239 g/mol. The minimum absolute atomic E-state index is 0.277. The molecule has 0 spiro atoms. The van der Waals surface area contributed by atoms with Crippen molar-refractivity contribution >= 4 is 16.6 Å². The van der Waals surface area contributed by atoms with Gasteiger partial charge in [-0.1, -0.05) is 0 Å². The van der Waals surface area contributed by atoms with Gasteiger partial charge < -0.3 is 4.57 Å². The van der Waals surface area contributed by atoms with Gasteiger partial charge in [-0.3, -0.25) is 9.00 Å². The third-order valence-corrected chi connectivity index (χ3v) is 3.89. The Morgan fingerprint density at radius 2 is 2.25 bits per heavy atom. The fourth-order valence-corrected chi connectivity index (χ4v) is 2.77. The predicted octanol–water partition coefficient (Wildman–Crippen LogP) is 1.78. The van der Waals surface area contributed by atoms with E-state index in [4.69, 9.17) is 0 Å². The molecule has 0 N–H and O–H groups in total. The molecule has 0 fully saturated rings. The number of carbonyl (C=O) groups excluding carboxylic acids is 1. The van der Waals surface area contributed by atoms with Gasteiger partial charge in [-0.2, -0.15) is 0 Å². The summed E-state index contributed by atoms with van der Waals surface area (Å²) in [6, 6.07) is 1.93. The lowest BCUT2D eigenvalue weighted by Gasteiger charge is -2.14. The Morgan fingerprint density at radius 1 is 1.44 bits per heavy atom. The molecule has 0 aliphatic heterocycles. The molecule has 1 heterocycles. The van der Waals surface area contributed by atoms with Crippen LogP contribution >= 0.6 is 0 Å². The number of hydrogen-bond acceptors (Lipinski definition) is 2. The van der Waals surface area contributed by atoms with Crippen LogP contribution in [0.1, 0.15) is 35.3 Å². The summed E-state index contributed by atoms with van der Waals surface area (Å²) in [6.07, 6.45) is 7.30. The topological polar surface area (TPSA) is 39.1 Å². The normalized spacial score (nSPS) is 17.2. The average Bonchev–Trinajstić information content (AvgIpc) is 2.63. The highest BCUT2D eigenvalue weighted by atomic mass is 32.2. The van der Waals surface area contributed by atoms with E-state index in [0.717, 1.165) is 37.1 Å². The minimum Gasteiger partial charge on any atom is -0.351 e. The molecule has 0 aromatic carbocycles. The van der Waals surface area contributed by atoms with E-state index >= 15 is 0 Å². The van der Waals surface area contributed by atoms with Crippen LogP contribution in [-0.2, 0) is 23.8 Å². The van der Waals surface area contributed by atoms with Gasteiger partial charge in [-0.15, -0.1) is 0 Å². The van der Waals surface area contributed by atoms with Crippen LogP contribution in [0.25, 0.3) is 0 Å². The van der Waals surface area contributed by atoms with Gasteiger partial charge in [0, 0.05) is 53.2 Å². The Kier molecular flexibility index (Phi) is 3.59. The molecule has 1 aliphatic carbocycles. The van der Waals surface area contributed by atoms with Crippen LogP contribution in [0.5, 0.6) is 0 Å². The third kappa shape index (κ3) is 2.43. The predicted molar refractivity (Wildman–Crippen MR) is 65.3 cm³/mol. The van der Waals surface area contributed by atoms with Gasteiger partial charge in [0.25, 0.3) is 0 Å². The fraction of sp³-hybridized carbons (Fsp3) is 0.583. The van der Waals surface area contributed by atoms with Gasteiger partial charge in [0.15, 0.2) is 5.78 Å². The summed E-state index contributed by atoms with van der Waals surface area (Å²) in [5.74, 6) is 1.01. The van der Waals surface area contributed by atoms with Crippen LogP contribution in [0.2, 0.25) is 0 Å². The highest BCUT2D eigenvalue weighted by Crippen LogP contribution is 2.22. The van der Waals surface area contributed by atoms with Crippen molar-refractivity contribution in [3.05, 3.63) is 23.5 Å². The average molecular weight is 239 g/mol. The molecule has 1 aromatic heterocycles. The quantitative estimate of drug-likeness (QED) is 0.803. The molecule has 2 rings (SSSR count). The first-order chi connectivity index (χ1) is 7.68. The van der Waals surface area contributed by atoms with Crippen LogP contribution in [0.4, 0.5) is 0 Å². The number of carbonyl (C=O) groups is 1. The summed E-state index contributed by atoms with van der Waals surface area (Å²) in [7, 11) is -0.716. The van der Waals surface area contributed by atoms with Crippen molar-refractivity contribution in [2.75, 3.05) is 12.0 Å². The molecule has 88 valence electrons. The Labute approximate surface area is 98.3 Å². The largest absolute Gasteiger partial charge is 0.351 e. The maximum atomic E-state index is 11.6. The lowest BCUT2D eigenvalue weighted by atomic mass is 9.97.